The maximum Gasteiger partial charge on any atom is 0.0347 e. The molecule has 0 amide bonds. The van der Waals surface area contributed by atoms with Gasteiger partial charge in [0.05, 0.1) is 0 Å². The molecule has 2 N–H and O–H groups in total. The first-order valence-electron chi connectivity index (χ1n) is 7.49. The van der Waals surface area contributed by atoms with Gasteiger partial charge >= 0.3 is 0 Å². The van der Waals surface area contributed by atoms with Gasteiger partial charge in [-0.3, -0.25) is 4.90 Å². The number of nitrogen functional groups attached to an aromatic ring is 1. The van der Waals surface area contributed by atoms with E-state index in [1.807, 2.05) is 12.1 Å². The number of likely N-dealkylation sites (N-methyl/N-ethyl adjacent to an activating group) is 1. The predicted octanol–water partition coefficient (Wildman–Crippen LogP) is 3.39. The fourth-order valence-electron chi connectivity index (χ4n) is 3.57. The second-order valence-electron chi connectivity index (χ2n) is 6.03. The van der Waals surface area contributed by atoms with E-state index in [1.165, 1.54) is 44.2 Å². The lowest BCUT2D eigenvalue weighted by atomic mass is 9.80. The van der Waals surface area contributed by atoms with Crippen LogP contribution < -0.4 is 5.73 Å². The van der Waals surface area contributed by atoms with Crippen molar-refractivity contribution in [3.8, 4) is 0 Å². The Morgan fingerprint density at radius 3 is 2.63 bits per heavy atom. The van der Waals surface area contributed by atoms with Crippen LogP contribution >= 0.6 is 0 Å². The van der Waals surface area contributed by atoms with E-state index in [1.54, 1.807) is 11.1 Å². The van der Waals surface area contributed by atoms with Crippen molar-refractivity contribution < 1.29 is 0 Å². The highest BCUT2D eigenvalue weighted by Gasteiger charge is 2.28. The maximum absolute atomic E-state index is 5.77. The van der Waals surface area contributed by atoms with Gasteiger partial charge in [0.25, 0.3) is 0 Å². The monoisotopic (exact) mass is 256 g/mol. The molecule has 0 spiro atoms. The summed E-state index contributed by atoms with van der Waals surface area (Å²) in [5, 5.41) is 0. The number of anilines is 1. The Morgan fingerprint density at radius 1 is 1.11 bits per heavy atom. The zero-order valence-electron chi connectivity index (χ0n) is 11.9. The summed E-state index contributed by atoms with van der Waals surface area (Å²) >= 11 is 0. The van der Waals surface area contributed by atoms with Gasteiger partial charge in [0.15, 0.2) is 0 Å². The third-order valence-corrected chi connectivity index (χ3v) is 4.74. The number of nitrogens with zero attached hydrogens (tertiary/aromatic N) is 1. The topological polar surface area (TPSA) is 29.3 Å². The van der Waals surface area contributed by atoms with E-state index in [-0.39, 0.29) is 0 Å². The second-order valence-corrected chi connectivity index (χ2v) is 6.03. The zero-order chi connectivity index (χ0) is 13.2. The first kappa shape index (κ1) is 12.7. The molecule has 19 heavy (non-hydrogen) atoms. The maximum atomic E-state index is 5.77. The van der Waals surface area contributed by atoms with Gasteiger partial charge in [-0.15, -0.1) is 0 Å². The first-order valence-corrected chi connectivity index (χ1v) is 7.49. The highest BCUT2D eigenvalue weighted by molar-refractivity contribution is 5.40. The summed E-state index contributed by atoms with van der Waals surface area (Å²) in [5.41, 5.74) is 11.6. The summed E-state index contributed by atoms with van der Waals surface area (Å²) in [6.07, 6.45) is 7.88. The van der Waals surface area contributed by atoms with Crippen LogP contribution in [-0.4, -0.2) is 24.5 Å². The molecule has 0 radical (unpaired) electrons. The molecule has 0 fully saturated rings. The summed E-state index contributed by atoms with van der Waals surface area (Å²) in [6, 6.07) is 9.03. The summed E-state index contributed by atoms with van der Waals surface area (Å²) in [4.78, 5) is 2.54. The fraction of sp³-hybridized carbons (Fsp3) is 0.529. The van der Waals surface area contributed by atoms with Crippen LogP contribution in [0.25, 0.3) is 0 Å². The highest BCUT2D eigenvalue weighted by Crippen LogP contribution is 2.35. The summed E-state index contributed by atoms with van der Waals surface area (Å²) in [5.74, 6) is 0. The van der Waals surface area contributed by atoms with E-state index in [4.69, 9.17) is 5.73 Å². The number of benzene rings is 1. The summed E-state index contributed by atoms with van der Waals surface area (Å²) < 4.78 is 0. The minimum atomic E-state index is 0.618. The lowest BCUT2D eigenvalue weighted by Crippen LogP contribution is -2.40. The average Bonchev–Trinajstić information content (AvgIpc) is 2.44. The van der Waals surface area contributed by atoms with Crippen molar-refractivity contribution in [3.05, 3.63) is 41.0 Å². The minimum absolute atomic E-state index is 0.618. The SMILES string of the molecule is CN1CCC2=C(CCCC2)C1Cc1ccc(N)cc1. The zero-order valence-corrected chi connectivity index (χ0v) is 11.9. The van der Waals surface area contributed by atoms with Crippen molar-refractivity contribution in [2.75, 3.05) is 19.3 Å². The van der Waals surface area contributed by atoms with Gasteiger partial charge < -0.3 is 5.73 Å². The van der Waals surface area contributed by atoms with Crippen molar-refractivity contribution in [1.29, 1.82) is 0 Å². The molecule has 1 aliphatic heterocycles. The average molecular weight is 256 g/mol. The Bertz CT molecular complexity index is 473. The van der Waals surface area contributed by atoms with Gasteiger partial charge in [-0.25, -0.2) is 0 Å². The minimum Gasteiger partial charge on any atom is -0.399 e. The van der Waals surface area contributed by atoms with Crippen LogP contribution in [0, 0.1) is 0 Å². The molecule has 1 aromatic carbocycles. The van der Waals surface area contributed by atoms with E-state index in [0.29, 0.717) is 6.04 Å². The number of hydrogen-bond donors (Lipinski definition) is 1. The molecule has 102 valence electrons. The van der Waals surface area contributed by atoms with E-state index >= 15 is 0 Å². The Balaban J connectivity index is 1.82. The summed E-state index contributed by atoms with van der Waals surface area (Å²) in [6.45, 7) is 1.22. The van der Waals surface area contributed by atoms with Gasteiger partial charge in [0.1, 0.15) is 0 Å². The van der Waals surface area contributed by atoms with Gasteiger partial charge in [-0.05, 0) is 63.3 Å². The molecule has 2 aliphatic rings. The van der Waals surface area contributed by atoms with Crippen LogP contribution in [0.2, 0.25) is 0 Å². The molecular formula is C17H24N2. The van der Waals surface area contributed by atoms with Crippen LogP contribution in [0.4, 0.5) is 5.69 Å². The molecule has 1 unspecified atom stereocenters. The molecule has 1 heterocycles. The highest BCUT2D eigenvalue weighted by atomic mass is 15.1. The molecule has 1 aliphatic carbocycles. The second kappa shape index (κ2) is 5.38. The van der Waals surface area contributed by atoms with Crippen LogP contribution in [0.15, 0.2) is 35.4 Å². The van der Waals surface area contributed by atoms with Gasteiger partial charge in [0.2, 0.25) is 0 Å². The third-order valence-electron chi connectivity index (χ3n) is 4.74. The third kappa shape index (κ3) is 2.69. The normalized spacial score (nSPS) is 24.4. The van der Waals surface area contributed by atoms with Crippen LogP contribution in [-0.2, 0) is 6.42 Å². The standard InChI is InChI=1S/C17H24N2/c1-19-11-10-14-4-2-3-5-16(14)17(19)12-13-6-8-15(18)9-7-13/h6-9,17H,2-5,10-12,18H2,1H3. The van der Waals surface area contributed by atoms with Crippen LogP contribution in [0.1, 0.15) is 37.7 Å². The van der Waals surface area contributed by atoms with Crippen molar-refractivity contribution >= 4 is 5.69 Å². The van der Waals surface area contributed by atoms with Gasteiger partial charge in [-0.2, -0.15) is 0 Å². The van der Waals surface area contributed by atoms with Crippen LogP contribution in [0.5, 0.6) is 0 Å². The smallest absolute Gasteiger partial charge is 0.0347 e. The summed E-state index contributed by atoms with van der Waals surface area (Å²) in [7, 11) is 2.28. The molecule has 2 heteroatoms. The Hall–Kier alpha value is -1.28. The molecular weight excluding hydrogens is 232 g/mol. The molecule has 2 nitrogen and oxygen atoms in total. The molecule has 3 rings (SSSR count). The Morgan fingerprint density at radius 2 is 1.84 bits per heavy atom. The Labute approximate surface area is 116 Å². The van der Waals surface area contributed by atoms with Crippen molar-refractivity contribution in [2.24, 2.45) is 0 Å². The predicted molar refractivity (Wildman–Crippen MR) is 81.1 cm³/mol. The van der Waals surface area contributed by atoms with Crippen molar-refractivity contribution in [2.45, 2.75) is 44.6 Å². The van der Waals surface area contributed by atoms with Crippen molar-refractivity contribution in [3.63, 3.8) is 0 Å². The van der Waals surface area contributed by atoms with E-state index in [2.05, 4.69) is 24.1 Å². The molecule has 0 saturated heterocycles. The van der Waals surface area contributed by atoms with E-state index < -0.39 is 0 Å². The quantitative estimate of drug-likeness (QED) is 0.649. The molecule has 1 atom stereocenters. The number of rotatable bonds is 2. The lowest BCUT2D eigenvalue weighted by molar-refractivity contribution is 0.242. The molecule has 0 aromatic heterocycles. The van der Waals surface area contributed by atoms with E-state index in [0.717, 1.165) is 12.1 Å². The van der Waals surface area contributed by atoms with Gasteiger partial charge in [0, 0.05) is 18.3 Å². The largest absolute Gasteiger partial charge is 0.399 e. The molecule has 1 aromatic rings. The Kier molecular flexibility index (Phi) is 3.61. The van der Waals surface area contributed by atoms with Crippen molar-refractivity contribution in [1.82, 2.24) is 4.90 Å². The molecule has 0 bridgehead atoms. The lowest BCUT2D eigenvalue weighted by Gasteiger charge is -2.39. The number of nitrogens with two attached hydrogens (primary N) is 1. The molecule has 0 saturated carbocycles. The van der Waals surface area contributed by atoms with Gasteiger partial charge in [-0.1, -0.05) is 23.3 Å². The fourth-order valence-corrected chi connectivity index (χ4v) is 3.57. The van der Waals surface area contributed by atoms with Crippen LogP contribution in [0.3, 0.4) is 0 Å². The number of hydrogen-bond acceptors (Lipinski definition) is 2. The first-order chi connectivity index (χ1) is 9.24. The van der Waals surface area contributed by atoms with E-state index in [9.17, 15) is 0 Å².